The van der Waals surface area contributed by atoms with Crippen LogP contribution < -0.4 is 5.73 Å². The zero-order chi connectivity index (χ0) is 9.84. The van der Waals surface area contributed by atoms with Crippen LogP contribution in [-0.2, 0) is 0 Å². The van der Waals surface area contributed by atoms with Crippen LogP contribution in [0, 0.1) is 9.52 Å². The molecule has 13 heavy (non-hydrogen) atoms. The minimum Gasteiger partial charge on any atom is -0.396 e. The Bertz CT molecular complexity index is 275. The van der Waals surface area contributed by atoms with E-state index in [-0.39, 0.29) is 6.61 Å². The summed E-state index contributed by atoms with van der Waals surface area (Å²) in [6.07, 6.45) is 1.74. The molecule has 5 heteroatoms. The Labute approximate surface area is 89.3 Å². The lowest BCUT2D eigenvalue weighted by Crippen LogP contribution is -2.16. The first-order chi connectivity index (χ1) is 6.16. The number of halogens is 2. The summed E-state index contributed by atoms with van der Waals surface area (Å²) in [5.74, 6) is -0.548. The molecule has 0 radical (unpaired) electrons. The molecule has 0 spiro atoms. The highest BCUT2D eigenvalue weighted by molar-refractivity contribution is 14.1. The Kier molecular flexibility index (Phi) is 4.01. The molecule has 1 aromatic rings. The second kappa shape index (κ2) is 4.83. The van der Waals surface area contributed by atoms with Gasteiger partial charge < -0.3 is 10.8 Å². The summed E-state index contributed by atoms with van der Waals surface area (Å²) < 4.78 is 13.9. The second-order valence-corrected chi connectivity index (χ2v) is 3.78. The molecule has 0 aliphatic carbocycles. The molecule has 1 atom stereocenters. The van der Waals surface area contributed by atoms with Crippen LogP contribution in [0.3, 0.4) is 0 Å². The predicted molar refractivity (Wildman–Crippen MR) is 55.5 cm³/mol. The summed E-state index contributed by atoms with van der Waals surface area (Å²) in [6.45, 7) is -0.0500. The van der Waals surface area contributed by atoms with Crippen molar-refractivity contribution in [2.24, 2.45) is 5.73 Å². The SMILES string of the molecule is N[C@@H](CCO)c1c(I)ccnc1F. The van der Waals surface area contributed by atoms with E-state index in [9.17, 15) is 4.39 Å². The van der Waals surface area contributed by atoms with Gasteiger partial charge in [-0.25, -0.2) is 4.98 Å². The van der Waals surface area contributed by atoms with E-state index in [2.05, 4.69) is 4.98 Å². The zero-order valence-electron chi connectivity index (χ0n) is 6.87. The highest BCUT2D eigenvalue weighted by atomic mass is 127. The lowest BCUT2D eigenvalue weighted by atomic mass is 10.1. The minimum absolute atomic E-state index is 0.0500. The van der Waals surface area contributed by atoms with Gasteiger partial charge in [-0.15, -0.1) is 0 Å². The standard InChI is InChI=1S/C8H10FIN2O/c9-8-7(6(11)2-4-13)5(10)1-3-12-8/h1,3,6,13H,2,4,11H2/t6-/m0/s1. The Hall–Kier alpha value is -0.270. The van der Waals surface area contributed by atoms with Crippen LogP contribution in [0.5, 0.6) is 0 Å². The van der Waals surface area contributed by atoms with Gasteiger partial charge in [0.25, 0.3) is 0 Å². The number of aliphatic hydroxyl groups is 1. The van der Waals surface area contributed by atoms with Gasteiger partial charge in [-0.1, -0.05) is 0 Å². The smallest absolute Gasteiger partial charge is 0.218 e. The van der Waals surface area contributed by atoms with Crippen LogP contribution in [0.2, 0.25) is 0 Å². The van der Waals surface area contributed by atoms with E-state index in [4.69, 9.17) is 10.8 Å². The third-order valence-electron chi connectivity index (χ3n) is 1.70. The Morgan fingerprint density at radius 3 is 2.92 bits per heavy atom. The molecule has 0 saturated carbocycles. The quantitative estimate of drug-likeness (QED) is 0.651. The van der Waals surface area contributed by atoms with Crippen molar-refractivity contribution in [2.45, 2.75) is 12.5 Å². The van der Waals surface area contributed by atoms with Gasteiger partial charge >= 0.3 is 0 Å². The molecule has 0 saturated heterocycles. The van der Waals surface area contributed by atoms with Crippen LogP contribution in [0.25, 0.3) is 0 Å². The summed E-state index contributed by atoms with van der Waals surface area (Å²) in [7, 11) is 0. The van der Waals surface area contributed by atoms with E-state index in [1.54, 1.807) is 6.07 Å². The number of hydrogen-bond donors (Lipinski definition) is 2. The number of hydrogen-bond acceptors (Lipinski definition) is 3. The highest BCUT2D eigenvalue weighted by Gasteiger charge is 2.14. The first-order valence-electron chi connectivity index (χ1n) is 3.83. The maximum Gasteiger partial charge on any atom is 0.218 e. The second-order valence-electron chi connectivity index (χ2n) is 2.62. The van der Waals surface area contributed by atoms with Crippen LogP contribution in [0.15, 0.2) is 12.3 Å². The summed E-state index contributed by atoms with van der Waals surface area (Å²) in [4.78, 5) is 3.51. The first kappa shape index (κ1) is 10.8. The average molecular weight is 296 g/mol. The third kappa shape index (κ3) is 2.58. The maximum absolute atomic E-state index is 13.1. The molecule has 0 fully saturated rings. The number of nitrogens with zero attached hydrogens (tertiary/aromatic N) is 1. The van der Waals surface area contributed by atoms with Gasteiger partial charge in [-0.2, -0.15) is 4.39 Å². The molecular weight excluding hydrogens is 286 g/mol. The van der Waals surface area contributed by atoms with E-state index < -0.39 is 12.0 Å². The monoisotopic (exact) mass is 296 g/mol. The molecule has 0 amide bonds. The Balaban J connectivity index is 2.98. The molecule has 0 aliphatic rings. The molecule has 1 rings (SSSR count). The molecule has 0 aromatic carbocycles. The summed E-state index contributed by atoms with van der Waals surface area (Å²) in [5, 5.41) is 8.65. The van der Waals surface area contributed by atoms with Crippen molar-refractivity contribution < 1.29 is 9.50 Å². The minimum atomic E-state index is -0.548. The van der Waals surface area contributed by atoms with Crippen molar-refractivity contribution >= 4 is 22.6 Å². The van der Waals surface area contributed by atoms with E-state index in [0.717, 1.165) is 3.57 Å². The number of nitrogens with two attached hydrogens (primary N) is 1. The van der Waals surface area contributed by atoms with Crippen molar-refractivity contribution in [1.29, 1.82) is 0 Å². The Morgan fingerprint density at radius 1 is 1.69 bits per heavy atom. The fourth-order valence-electron chi connectivity index (χ4n) is 1.04. The van der Waals surface area contributed by atoms with Gasteiger partial charge in [-0.3, -0.25) is 0 Å². The predicted octanol–water partition coefficient (Wildman–Crippen LogP) is 1.21. The third-order valence-corrected chi connectivity index (χ3v) is 2.64. The molecule has 72 valence electrons. The first-order valence-corrected chi connectivity index (χ1v) is 4.91. The molecule has 0 bridgehead atoms. The van der Waals surface area contributed by atoms with Crippen LogP contribution in [-0.4, -0.2) is 16.7 Å². The largest absolute Gasteiger partial charge is 0.396 e. The van der Waals surface area contributed by atoms with Crippen molar-refractivity contribution in [2.75, 3.05) is 6.61 Å². The van der Waals surface area contributed by atoms with Crippen LogP contribution in [0.4, 0.5) is 4.39 Å². The molecule has 1 aromatic heterocycles. The number of aromatic nitrogens is 1. The lowest BCUT2D eigenvalue weighted by Gasteiger charge is -2.12. The van der Waals surface area contributed by atoms with Gasteiger partial charge in [0.2, 0.25) is 5.95 Å². The average Bonchev–Trinajstić information content (AvgIpc) is 2.04. The van der Waals surface area contributed by atoms with E-state index in [0.29, 0.717) is 12.0 Å². The summed E-state index contributed by atoms with van der Waals surface area (Å²) in [6, 6.07) is 1.21. The van der Waals surface area contributed by atoms with Crippen LogP contribution >= 0.6 is 22.6 Å². The van der Waals surface area contributed by atoms with Crippen molar-refractivity contribution in [1.82, 2.24) is 4.98 Å². The maximum atomic E-state index is 13.1. The van der Waals surface area contributed by atoms with Gasteiger partial charge in [0, 0.05) is 28.0 Å². The fraction of sp³-hybridized carbons (Fsp3) is 0.375. The molecule has 0 aliphatic heterocycles. The zero-order valence-corrected chi connectivity index (χ0v) is 9.03. The molecule has 3 N–H and O–H groups in total. The lowest BCUT2D eigenvalue weighted by molar-refractivity contribution is 0.275. The number of rotatable bonds is 3. The molecule has 1 heterocycles. The van der Waals surface area contributed by atoms with E-state index >= 15 is 0 Å². The topological polar surface area (TPSA) is 59.1 Å². The normalized spacial score (nSPS) is 12.9. The van der Waals surface area contributed by atoms with Gasteiger partial charge in [0.05, 0.1) is 0 Å². The number of aliphatic hydroxyl groups excluding tert-OH is 1. The van der Waals surface area contributed by atoms with Crippen molar-refractivity contribution in [3.05, 3.63) is 27.3 Å². The number of pyridine rings is 1. The van der Waals surface area contributed by atoms with Gasteiger partial charge in [-0.05, 0) is 35.1 Å². The van der Waals surface area contributed by atoms with Gasteiger partial charge in [0.1, 0.15) is 0 Å². The van der Waals surface area contributed by atoms with Crippen molar-refractivity contribution in [3.8, 4) is 0 Å². The molecule has 0 unspecified atom stereocenters. The Morgan fingerprint density at radius 2 is 2.38 bits per heavy atom. The highest BCUT2D eigenvalue weighted by Crippen LogP contribution is 2.21. The van der Waals surface area contributed by atoms with Gasteiger partial charge in [0.15, 0.2) is 0 Å². The molecular formula is C8H10FIN2O. The van der Waals surface area contributed by atoms with E-state index in [1.807, 2.05) is 22.6 Å². The fourth-order valence-corrected chi connectivity index (χ4v) is 1.82. The summed E-state index contributed by atoms with van der Waals surface area (Å²) in [5.41, 5.74) is 6.05. The van der Waals surface area contributed by atoms with Crippen molar-refractivity contribution in [3.63, 3.8) is 0 Å². The van der Waals surface area contributed by atoms with Crippen LogP contribution in [0.1, 0.15) is 18.0 Å². The molecule has 3 nitrogen and oxygen atoms in total. The summed E-state index contributed by atoms with van der Waals surface area (Å²) >= 11 is 2.00. The van der Waals surface area contributed by atoms with E-state index in [1.165, 1.54) is 6.20 Å².